The molecule has 4 nitrogen and oxygen atoms in total. The molecule has 0 radical (unpaired) electrons. The van der Waals surface area contributed by atoms with Gasteiger partial charge in [0.05, 0.1) is 33.8 Å². The zero-order chi connectivity index (χ0) is 18.1. The average molecular weight is 372 g/mol. The Hall–Kier alpha value is -2.48. The molecule has 0 fully saturated rings. The van der Waals surface area contributed by atoms with Crippen molar-refractivity contribution in [3.05, 3.63) is 56.8 Å². The normalized spacial score (nSPS) is 11.6. The maximum atomic E-state index is 9.55. The first-order valence-electron chi connectivity index (χ1n) is 7.55. The van der Waals surface area contributed by atoms with Crippen LogP contribution in [0.2, 0.25) is 10.0 Å². The predicted octanol–water partition coefficient (Wildman–Crippen LogP) is 5.56. The Bertz CT molecular complexity index is 983. The van der Waals surface area contributed by atoms with Gasteiger partial charge in [0.1, 0.15) is 11.9 Å². The number of halogens is 2. The maximum absolute atomic E-state index is 9.55. The highest BCUT2D eigenvalue weighted by atomic mass is 35.5. The molecule has 0 bridgehead atoms. The molecule has 0 saturated heterocycles. The van der Waals surface area contributed by atoms with Crippen LogP contribution in [-0.2, 0) is 0 Å². The van der Waals surface area contributed by atoms with E-state index in [4.69, 9.17) is 27.9 Å². The van der Waals surface area contributed by atoms with Crippen molar-refractivity contribution >= 4 is 45.9 Å². The molecule has 0 atom stereocenters. The number of H-pyrrole nitrogens is 1. The molecule has 3 rings (SSSR count). The molecule has 6 heteroatoms. The molecule has 1 N–H and O–H groups in total. The third-order valence-electron chi connectivity index (χ3n) is 4.01. The lowest BCUT2D eigenvalue weighted by Crippen LogP contribution is -1.88. The van der Waals surface area contributed by atoms with Crippen LogP contribution in [0.3, 0.4) is 0 Å². The van der Waals surface area contributed by atoms with Crippen LogP contribution in [0.1, 0.15) is 22.5 Å². The van der Waals surface area contributed by atoms with Crippen LogP contribution in [0.25, 0.3) is 22.7 Å². The zero-order valence-corrected chi connectivity index (χ0v) is 15.5. The summed E-state index contributed by atoms with van der Waals surface area (Å²) in [5.74, 6) is 0.916. The number of aryl methyl sites for hydroxylation is 2. The standard InChI is InChI=1S/C19H15Cl2N3O/c1-10-4-16-17(5-11(10)2)24-19(23-16)13(9-22)6-12-7-14(20)18(25-3)15(21)8-12/h4-8H,1-3H3,(H,23,24)/b13-6-. The van der Waals surface area contributed by atoms with E-state index in [2.05, 4.69) is 16.0 Å². The number of aromatic nitrogens is 2. The van der Waals surface area contributed by atoms with Crippen LogP contribution in [0, 0.1) is 25.2 Å². The van der Waals surface area contributed by atoms with Gasteiger partial charge in [-0.3, -0.25) is 0 Å². The minimum Gasteiger partial charge on any atom is -0.494 e. The number of methoxy groups -OCH3 is 1. The smallest absolute Gasteiger partial charge is 0.156 e. The van der Waals surface area contributed by atoms with Crippen molar-refractivity contribution in [2.75, 3.05) is 7.11 Å². The minimum absolute atomic E-state index is 0.384. The number of rotatable bonds is 3. The summed E-state index contributed by atoms with van der Waals surface area (Å²) < 4.78 is 5.14. The van der Waals surface area contributed by atoms with E-state index in [0.717, 1.165) is 16.6 Å². The van der Waals surface area contributed by atoms with Crippen LogP contribution < -0.4 is 4.74 Å². The molecule has 0 unspecified atom stereocenters. The van der Waals surface area contributed by atoms with Crippen LogP contribution in [0.4, 0.5) is 0 Å². The van der Waals surface area contributed by atoms with Crippen LogP contribution in [0.5, 0.6) is 5.75 Å². The van der Waals surface area contributed by atoms with Gasteiger partial charge in [-0.2, -0.15) is 5.26 Å². The quantitative estimate of drug-likeness (QED) is 0.613. The van der Waals surface area contributed by atoms with E-state index in [0.29, 0.717) is 32.8 Å². The van der Waals surface area contributed by atoms with Gasteiger partial charge in [0.15, 0.2) is 5.75 Å². The maximum Gasteiger partial charge on any atom is 0.156 e. The first-order valence-corrected chi connectivity index (χ1v) is 8.30. The summed E-state index contributed by atoms with van der Waals surface area (Å²) in [5.41, 5.74) is 5.12. The Morgan fingerprint density at radius 1 is 1.16 bits per heavy atom. The summed E-state index contributed by atoms with van der Waals surface area (Å²) >= 11 is 12.3. The van der Waals surface area contributed by atoms with Gasteiger partial charge in [-0.1, -0.05) is 23.2 Å². The van der Waals surface area contributed by atoms with Gasteiger partial charge in [-0.15, -0.1) is 0 Å². The zero-order valence-electron chi connectivity index (χ0n) is 13.9. The van der Waals surface area contributed by atoms with Crippen molar-refractivity contribution in [2.45, 2.75) is 13.8 Å². The van der Waals surface area contributed by atoms with E-state index in [1.54, 1.807) is 18.2 Å². The molecular formula is C19H15Cl2N3O. The summed E-state index contributed by atoms with van der Waals surface area (Å²) in [6.45, 7) is 4.07. The molecule has 0 aliphatic heterocycles. The summed E-state index contributed by atoms with van der Waals surface area (Å²) in [6.07, 6.45) is 1.69. The van der Waals surface area contributed by atoms with Gasteiger partial charge in [-0.25, -0.2) is 4.98 Å². The summed E-state index contributed by atoms with van der Waals surface area (Å²) in [4.78, 5) is 7.72. The van der Waals surface area contributed by atoms with Gasteiger partial charge in [0, 0.05) is 0 Å². The van der Waals surface area contributed by atoms with Crippen molar-refractivity contribution in [2.24, 2.45) is 0 Å². The fraction of sp³-hybridized carbons (Fsp3) is 0.158. The van der Waals surface area contributed by atoms with Crippen LogP contribution >= 0.6 is 23.2 Å². The molecule has 1 aromatic heterocycles. The molecule has 0 aliphatic carbocycles. The fourth-order valence-electron chi connectivity index (χ4n) is 2.58. The van der Waals surface area contributed by atoms with Gasteiger partial charge in [0.25, 0.3) is 0 Å². The van der Waals surface area contributed by atoms with E-state index in [9.17, 15) is 5.26 Å². The monoisotopic (exact) mass is 371 g/mol. The average Bonchev–Trinajstić information content (AvgIpc) is 2.95. The number of nitrogens with one attached hydrogen (secondary N) is 1. The fourth-order valence-corrected chi connectivity index (χ4v) is 3.23. The van der Waals surface area contributed by atoms with Crippen molar-refractivity contribution in [1.82, 2.24) is 9.97 Å². The molecule has 25 heavy (non-hydrogen) atoms. The molecular weight excluding hydrogens is 357 g/mol. The highest BCUT2D eigenvalue weighted by Gasteiger charge is 2.12. The third kappa shape index (κ3) is 3.34. The topological polar surface area (TPSA) is 61.7 Å². The molecule has 0 aliphatic rings. The van der Waals surface area contributed by atoms with Crippen molar-refractivity contribution in [1.29, 1.82) is 5.26 Å². The van der Waals surface area contributed by atoms with Crippen LogP contribution in [-0.4, -0.2) is 17.1 Å². The van der Waals surface area contributed by atoms with E-state index in [1.807, 2.05) is 26.0 Å². The molecule has 0 spiro atoms. The second kappa shape index (κ2) is 6.79. The molecule has 2 aromatic carbocycles. The Balaban J connectivity index is 2.09. The highest BCUT2D eigenvalue weighted by Crippen LogP contribution is 2.35. The number of hydrogen-bond acceptors (Lipinski definition) is 3. The van der Waals surface area contributed by atoms with Crippen molar-refractivity contribution in [3.63, 3.8) is 0 Å². The molecule has 3 aromatic rings. The number of allylic oxidation sites excluding steroid dienone is 1. The number of nitriles is 1. The summed E-state index contributed by atoms with van der Waals surface area (Å²) in [7, 11) is 1.50. The number of hydrogen-bond donors (Lipinski definition) is 1. The number of nitrogens with zero attached hydrogens (tertiary/aromatic N) is 2. The second-order valence-corrected chi connectivity index (χ2v) is 6.54. The first kappa shape index (κ1) is 17.3. The molecule has 126 valence electrons. The van der Waals surface area contributed by atoms with Crippen LogP contribution in [0.15, 0.2) is 24.3 Å². The number of imidazole rings is 1. The van der Waals surface area contributed by atoms with Crippen molar-refractivity contribution < 1.29 is 4.74 Å². The Morgan fingerprint density at radius 3 is 2.40 bits per heavy atom. The second-order valence-electron chi connectivity index (χ2n) is 5.73. The third-order valence-corrected chi connectivity index (χ3v) is 4.57. The van der Waals surface area contributed by atoms with Gasteiger partial charge < -0.3 is 9.72 Å². The predicted molar refractivity (Wildman–Crippen MR) is 102 cm³/mol. The largest absolute Gasteiger partial charge is 0.494 e. The molecule has 1 heterocycles. The Kier molecular flexibility index (Phi) is 4.71. The lowest BCUT2D eigenvalue weighted by molar-refractivity contribution is 0.415. The molecule has 0 amide bonds. The lowest BCUT2D eigenvalue weighted by atomic mass is 10.1. The van der Waals surface area contributed by atoms with E-state index >= 15 is 0 Å². The minimum atomic E-state index is 0.384. The summed E-state index contributed by atoms with van der Waals surface area (Å²) in [6, 6.07) is 9.59. The van der Waals surface area contributed by atoms with Gasteiger partial charge >= 0.3 is 0 Å². The van der Waals surface area contributed by atoms with Crippen molar-refractivity contribution in [3.8, 4) is 11.8 Å². The number of ether oxygens (including phenoxy) is 1. The SMILES string of the molecule is COc1c(Cl)cc(/C=C(/C#N)c2nc3cc(C)c(C)cc3[nH]2)cc1Cl. The molecule has 0 saturated carbocycles. The first-order chi connectivity index (χ1) is 11.9. The van der Waals surface area contributed by atoms with Gasteiger partial charge in [0.2, 0.25) is 0 Å². The number of fused-ring (bicyclic) bond motifs is 1. The highest BCUT2D eigenvalue weighted by molar-refractivity contribution is 6.37. The number of aromatic amines is 1. The Labute approximate surface area is 155 Å². The Morgan fingerprint density at radius 2 is 1.80 bits per heavy atom. The van der Waals surface area contributed by atoms with Gasteiger partial charge in [-0.05, 0) is 60.9 Å². The summed E-state index contributed by atoms with van der Waals surface area (Å²) in [5, 5.41) is 10.3. The number of benzene rings is 2. The van der Waals surface area contributed by atoms with E-state index < -0.39 is 0 Å². The lowest BCUT2D eigenvalue weighted by Gasteiger charge is -2.06. The van der Waals surface area contributed by atoms with E-state index in [1.165, 1.54) is 12.7 Å². The van der Waals surface area contributed by atoms with E-state index in [-0.39, 0.29) is 0 Å².